The molecule has 1 aromatic rings. The summed E-state index contributed by atoms with van der Waals surface area (Å²) < 4.78 is 5.59. The van der Waals surface area contributed by atoms with Gasteiger partial charge in [-0.1, -0.05) is 24.4 Å². The van der Waals surface area contributed by atoms with E-state index < -0.39 is 0 Å². The lowest BCUT2D eigenvalue weighted by atomic mass is 10.1. The molecule has 1 heterocycles. The highest BCUT2D eigenvalue weighted by Crippen LogP contribution is 2.21. The zero-order valence-corrected chi connectivity index (χ0v) is 10.8. The summed E-state index contributed by atoms with van der Waals surface area (Å²) in [6.07, 6.45) is 2.60. The molecule has 3 nitrogen and oxygen atoms in total. The van der Waals surface area contributed by atoms with Gasteiger partial charge in [0, 0.05) is 24.4 Å². The molecule has 1 aliphatic heterocycles. The number of ether oxygens (including phenoxy) is 1. The summed E-state index contributed by atoms with van der Waals surface area (Å²) in [5.74, 6) is 0. The van der Waals surface area contributed by atoms with Crippen molar-refractivity contribution in [3.8, 4) is 0 Å². The molecule has 0 bridgehead atoms. The number of hydrogen-bond acceptors (Lipinski definition) is 3. The fraction of sp³-hybridized carbons (Fsp3) is 0.462. The van der Waals surface area contributed by atoms with Crippen LogP contribution in [0.4, 0.5) is 5.69 Å². The summed E-state index contributed by atoms with van der Waals surface area (Å²) in [5.41, 5.74) is 8.84. The van der Waals surface area contributed by atoms with E-state index in [1.807, 2.05) is 12.1 Å². The van der Waals surface area contributed by atoms with Crippen LogP contribution in [0.15, 0.2) is 18.2 Å². The summed E-state index contributed by atoms with van der Waals surface area (Å²) >= 11 is 5.06. The minimum Gasteiger partial charge on any atom is -0.389 e. The largest absolute Gasteiger partial charge is 0.389 e. The maximum atomic E-state index is 5.73. The van der Waals surface area contributed by atoms with E-state index in [4.69, 9.17) is 22.7 Å². The molecule has 2 rings (SSSR count). The van der Waals surface area contributed by atoms with E-state index in [2.05, 4.69) is 18.3 Å². The maximum absolute atomic E-state index is 5.73. The summed E-state index contributed by atoms with van der Waals surface area (Å²) in [5, 5.41) is 3.41. The van der Waals surface area contributed by atoms with Gasteiger partial charge in [0.2, 0.25) is 0 Å². The Balaban J connectivity index is 2.10. The Bertz CT molecular complexity index is 414. The van der Waals surface area contributed by atoms with Crippen LogP contribution in [0, 0.1) is 6.92 Å². The van der Waals surface area contributed by atoms with E-state index in [1.54, 1.807) is 0 Å². The Morgan fingerprint density at radius 3 is 3.06 bits per heavy atom. The van der Waals surface area contributed by atoms with Crippen molar-refractivity contribution in [3.05, 3.63) is 29.3 Å². The molecule has 0 radical (unpaired) electrons. The van der Waals surface area contributed by atoms with Crippen LogP contribution in [0.5, 0.6) is 0 Å². The highest BCUT2D eigenvalue weighted by atomic mass is 32.1. The van der Waals surface area contributed by atoms with Crippen LogP contribution in [0.25, 0.3) is 0 Å². The Hall–Kier alpha value is -1.13. The molecule has 0 aromatic heterocycles. The first-order chi connectivity index (χ1) is 8.18. The van der Waals surface area contributed by atoms with Gasteiger partial charge in [-0.2, -0.15) is 0 Å². The highest BCUT2D eigenvalue weighted by Gasteiger charge is 2.16. The normalized spacial score (nSPS) is 19.2. The number of aryl methyl sites for hydroxylation is 1. The van der Waals surface area contributed by atoms with Gasteiger partial charge in [-0.15, -0.1) is 0 Å². The third-order valence-corrected chi connectivity index (χ3v) is 3.29. The quantitative estimate of drug-likeness (QED) is 0.804. The lowest BCUT2D eigenvalue weighted by Crippen LogP contribution is -2.21. The fourth-order valence-electron chi connectivity index (χ4n) is 2.13. The first kappa shape index (κ1) is 12.3. The van der Waals surface area contributed by atoms with E-state index in [0.29, 0.717) is 11.1 Å². The third kappa shape index (κ3) is 2.96. The van der Waals surface area contributed by atoms with Crippen molar-refractivity contribution in [2.45, 2.75) is 25.9 Å². The van der Waals surface area contributed by atoms with Crippen LogP contribution in [0.1, 0.15) is 24.0 Å². The second kappa shape index (κ2) is 5.47. The van der Waals surface area contributed by atoms with E-state index in [0.717, 1.165) is 42.8 Å². The van der Waals surface area contributed by atoms with Crippen molar-refractivity contribution in [2.24, 2.45) is 5.73 Å². The minimum atomic E-state index is 0.314. The molecule has 17 heavy (non-hydrogen) atoms. The van der Waals surface area contributed by atoms with Gasteiger partial charge in [0.25, 0.3) is 0 Å². The number of rotatable bonds is 4. The molecule has 1 unspecified atom stereocenters. The van der Waals surface area contributed by atoms with E-state index in [9.17, 15) is 0 Å². The van der Waals surface area contributed by atoms with Crippen molar-refractivity contribution in [1.82, 2.24) is 0 Å². The SMILES string of the molecule is Cc1cccc(C(N)=S)c1NCC1CCCO1. The second-order valence-electron chi connectivity index (χ2n) is 4.38. The number of anilines is 1. The Kier molecular flexibility index (Phi) is 3.97. The highest BCUT2D eigenvalue weighted by molar-refractivity contribution is 7.80. The van der Waals surface area contributed by atoms with Crippen molar-refractivity contribution in [2.75, 3.05) is 18.5 Å². The van der Waals surface area contributed by atoms with Gasteiger partial charge in [0.1, 0.15) is 4.99 Å². The minimum absolute atomic E-state index is 0.314. The number of benzene rings is 1. The molecule has 1 fully saturated rings. The summed E-state index contributed by atoms with van der Waals surface area (Å²) in [7, 11) is 0. The van der Waals surface area contributed by atoms with Crippen molar-refractivity contribution < 1.29 is 4.74 Å². The molecule has 0 saturated carbocycles. The standard InChI is InChI=1S/C13H18N2OS/c1-9-4-2-6-11(13(14)17)12(9)15-8-10-5-3-7-16-10/h2,4,6,10,15H,3,5,7-8H2,1H3,(H2,14,17). The van der Waals surface area contributed by atoms with Crippen LogP contribution in [-0.4, -0.2) is 24.2 Å². The van der Waals surface area contributed by atoms with Crippen LogP contribution in [0.2, 0.25) is 0 Å². The number of thiocarbonyl (C=S) groups is 1. The lowest BCUT2D eigenvalue weighted by Gasteiger charge is -2.16. The average molecular weight is 250 g/mol. The fourth-order valence-corrected chi connectivity index (χ4v) is 2.30. The molecule has 0 amide bonds. The molecule has 0 spiro atoms. The molecule has 0 aliphatic carbocycles. The van der Waals surface area contributed by atoms with Crippen molar-refractivity contribution >= 4 is 22.9 Å². The van der Waals surface area contributed by atoms with Crippen LogP contribution in [-0.2, 0) is 4.74 Å². The second-order valence-corrected chi connectivity index (χ2v) is 4.82. The van der Waals surface area contributed by atoms with Gasteiger partial charge in [-0.3, -0.25) is 0 Å². The molecular formula is C13H18N2OS. The molecule has 1 saturated heterocycles. The monoisotopic (exact) mass is 250 g/mol. The summed E-state index contributed by atoms with van der Waals surface area (Å²) in [4.78, 5) is 0.434. The van der Waals surface area contributed by atoms with E-state index in [-0.39, 0.29) is 0 Å². The number of para-hydroxylation sites is 1. The molecule has 92 valence electrons. The van der Waals surface area contributed by atoms with Crippen LogP contribution < -0.4 is 11.1 Å². The van der Waals surface area contributed by atoms with Crippen molar-refractivity contribution in [3.63, 3.8) is 0 Å². The van der Waals surface area contributed by atoms with Gasteiger partial charge in [-0.05, 0) is 31.4 Å². The van der Waals surface area contributed by atoms with Crippen LogP contribution >= 0.6 is 12.2 Å². The number of nitrogens with one attached hydrogen (secondary N) is 1. The van der Waals surface area contributed by atoms with Gasteiger partial charge in [-0.25, -0.2) is 0 Å². The first-order valence-electron chi connectivity index (χ1n) is 5.93. The van der Waals surface area contributed by atoms with Gasteiger partial charge < -0.3 is 15.8 Å². The predicted octanol–water partition coefficient (Wildman–Crippen LogP) is 2.22. The topological polar surface area (TPSA) is 47.3 Å². The first-order valence-corrected chi connectivity index (χ1v) is 6.34. The summed E-state index contributed by atoms with van der Waals surface area (Å²) in [6, 6.07) is 5.98. The zero-order valence-electron chi connectivity index (χ0n) is 10.0. The van der Waals surface area contributed by atoms with Gasteiger partial charge >= 0.3 is 0 Å². The smallest absolute Gasteiger partial charge is 0.106 e. The van der Waals surface area contributed by atoms with Crippen LogP contribution in [0.3, 0.4) is 0 Å². The lowest BCUT2D eigenvalue weighted by molar-refractivity contribution is 0.120. The third-order valence-electron chi connectivity index (χ3n) is 3.07. The summed E-state index contributed by atoms with van der Waals surface area (Å²) in [6.45, 7) is 3.75. The molecule has 3 N–H and O–H groups in total. The van der Waals surface area contributed by atoms with Gasteiger partial charge in [0.05, 0.1) is 6.10 Å². The maximum Gasteiger partial charge on any atom is 0.106 e. The molecule has 4 heteroatoms. The van der Waals surface area contributed by atoms with E-state index in [1.165, 1.54) is 0 Å². The molecule has 1 aliphatic rings. The zero-order chi connectivity index (χ0) is 12.3. The molecular weight excluding hydrogens is 232 g/mol. The molecule has 1 aromatic carbocycles. The number of nitrogens with two attached hydrogens (primary N) is 1. The van der Waals surface area contributed by atoms with Crippen molar-refractivity contribution in [1.29, 1.82) is 0 Å². The Labute approximate surface area is 107 Å². The average Bonchev–Trinajstić information content (AvgIpc) is 2.80. The Morgan fingerprint density at radius 1 is 1.59 bits per heavy atom. The number of hydrogen-bond donors (Lipinski definition) is 2. The predicted molar refractivity (Wildman–Crippen MR) is 74.5 cm³/mol. The molecule has 1 atom stereocenters. The van der Waals surface area contributed by atoms with Gasteiger partial charge in [0.15, 0.2) is 0 Å². The van der Waals surface area contributed by atoms with E-state index >= 15 is 0 Å². The Morgan fingerprint density at radius 2 is 2.41 bits per heavy atom.